The number of benzene rings is 3. The van der Waals surface area contributed by atoms with Crippen LogP contribution in [-0.4, -0.2) is 0 Å². The van der Waals surface area contributed by atoms with Crippen LogP contribution in [0.5, 0.6) is 0 Å². The predicted octanol–water partition coefficient (Wildman–Crippen LogP) is 4.15. The Balaban J connectivity index is 2.36. The second-order valence-electron chi connectivity index (χ2n) is 5.14. The minimum absolute atomic E-state index is 1.26. The van der Waals surface area contributed by atoms with Gasteiger partial charge < -0.3 is 0 Å². The van der Waals surface area contributed by atoms with Crippen LogP contribution in [0.4, 0.5) is 0 Å². The zero-order valence-corrected chi connectivity index (χ0v) is 14.6. The van der Waals surface area contributed by atoms with Crippen LogP contribution in [0.1, 0.15) is 0 Å². The van der Waals surface area contributed by atoms with E-state index in [0.29, 0.717) is 0 Å². The van der Waals surface area contributed by atoms with E-state index in [1.807, 2.05) is 0 Å². The van der Waals surface area contributed by atoms with Gasteiger partial charge in [-0.05, 0) is 0 Å². The van der Waals surface area contributed by atoms with Gasteiger partial charge in [0, 0.05) is 0 Å². The van der Waals surface area contributed by atoms with Crippen molar-refractivity contribution in [2.24, 2.45) is 0 Å². The molecule has 21 heavy (non-hydrogen) atoms. The maximum atomic E-state index is 5.34. The van der Waals surface area contributed by atoms with Crippen LogP contribution in [-0.2, 0) is 0 Å². The summed E-state index contributed by atoms with van der Waals surface area (Å²) in [5.74, 6) is 0. The fraction of sp³-hybridized carbons (Fsp3) is 0. The van der Waals surface area contributed by atoms with Crippen molar-refractivity contribution < 1.29 is 0 Å². The Morgan fingerprint density at radius 2 is 0.762 bits per heavy atom. The molecule has 0 aliphatic rings. The van der Waals surface area contributed by atoms with E-state index in [2.05, 4.69) is 99.9 Å². The minimum atomic E-state index is -2.76. The Labute approximate surface area is 133 Å². The second kappa shape index (κ2) is 5.58. The number of hydrogen-bond acceptors (Lipinski definition) is 1. The molecule has 106 valence electrons. The molecule has 3 aromatic rings. The first kappa shape index (κ1) is 14.8. The van der Waals surface area contributed by atoms with Crippen LogP contribution in [0, 0.1) is 0 Å². The van der Waals surface area contributed by atoms with Crippen molar-refractivity contribution in [3.63, 3.8) is 0 Å². The molecule has 0 saturated carbocycles. The van der Waals surface area contributed by atoms with Gasteiger partial charge in [0.2, 0.25) is 0 Å². The molecule has 0 aromatic heterocycles. The Kier molecular flexibility index (Phi) is 3.93. The van der Waals surface area contributed by atoms with E-state index >= 15 is 0 Å². The van der Waals surface area contributed by atoms with Crippen molar-refractivity contribution in [3.8, 4) is 0 Å². The van der Waals surface area contributed by atoms with Crippen LogP contribution in [0.3, 0.4) is 0 Å². The molecule has 0 saturated heterocycles. The molecular formula is C18H18P2S. The Morgan fingerprint density at radius 3 is 1.00 bits per heavy atom. The van der Waals surface area contributed by atoms with Crippen LogP contribution < -0.4 is 15.9 Å². The third-order valence-electron chi connectivity index (χ3n) is 3.84. The first-order valence-electron chi connectivity index (χ1n) is 6.86. The van der Waals surface area contributed by atoms with E-state index in [0.717, 1.165) is 0 Å². The average molecular weight is 328 g/mol. The van der Waals surface area contributed by atoms with Gasteiger partial charge in [-0.25, -0.2) is 0 Å². The summed E-state index contributed by atoms with van der Waals surface area (Å²) >= 11 is 5.34. The van der Waals surface area contributed by atoms with Gasteiger partial charge in [-0.15, -0.1) is 0 Å². The first-order chi connectivity index (χ1) is 10.1. The molecule has 0 aliphatic heterocycles. The van der Waals surface area contributed by atoms with Gasteiger partial charge in [-0.2, -0.15) is 0 Å². The van der Waals surface area contributed by atoms with Gasteiger partial charge >= 0.3 is 134 Å². The molecule has 0 N–H and O–H groups in total. The van der Waals surface area contributed by atoms with Crippen LogP contribution in [0.2, 0.25) is 0 Å². The Hall–Kier alpha value is -1.13. The van der Waals surface area contributed by atoms with Gasteiger partial charge in [-0.1, -0.05) is 0 Å². The van der Waals surface area contributed by atoms with Gasteiger partial charge in [0.1, 0.15) is 0 Å². The van der Waals surface area contributed by atoms with Crippen LogP contribution in [0.25, 0.3) is 0 Å². The van der Waals surface area contributed by atoms with Crippen molar-refractivity contribution in [2.75, 3.05) is 0 Å². The van der Waals surface area contributed by atoms with Crippen molar-refractivity contribution in [3.05, 3.63) is 91.0 Å². The molecule has 0 nitrogen and oxygen atoms in total. The first-order valence-corrected chi connectivity index (χ1v) is 11.9. The van der Waals surface area contributed by atoms with Gasteiger partial charge in [0.05, 0.1) is 0 Å². The molecule has 3 rings (SSSR count). The molecule has 0 heterocycles. The molecule has 1 unspecified atom stereocenters. The van der Waals surface area contributed by atoms with Crippen LogP contribution in [0.15, 0.2) is 91.0 Å². The molecule has 3 aromatic carbocycles. The molecular weight excluding hydrogens is 310 g/mol. The van der Waals surface area contributed by atoms with Gasteiger partial charge in [0.15, 0.2) is 0 Å². The molecule has 3 heteroatoms. The van der Waals surface area contributed by atoms with E-state index in [1.54, 1.807) is 0 Å². The van der Waals surface area contributed by atoms with Crippen molar-refractivity contribution >= 4 is 42.6 Å². The fourth-order valence-electron chi connectivity index (χ4n) is 2.64. The van der Waals surface area contributed by atoms with Crippen molar-refractivity contribution in [1.29, 1.82) is 0 Å². The van der Waals surface area contributed by atoms with E-state index in [-0.39, 0.29) is 0 Å². The Morgan fingerprint density at radius 1 is 0.524 bits per heavy atom. The zero-order chi connectivity index (χ0) is 14.8. The number of rotatable bonds is 3. The maximum absolute atomic E-state index is 5.34. The summed E-state index contributed by atoms with van der Waals surface area (Å²) in [6.07, 6.45) is 0. The predicted molar refractivity (Wildman–Crippen MR) is 104 cm³/mol. The Bertz CT molecular complexity index is 622. The molecule has 0 bridgehead atoms. The summed E-state index contributed by atoms with van der Waals surface area (Å²) in [5.41, 5.74) is -2.76. The second-order valence-corrected chi connectivity index (χ2v) is 15.9. The fourth-order valence-corrected chi connectivity index (χ4v) is 8.61. The molecule has 0 spiro atoms. The number of thiol groups is 1. The summed E-state index contributed by atoms with van der Waals surface area (Å²) in [7, 11) is 3.11. The summed E-state index contributed by atoms with van der Waals surface area (Å²) in [6.45, 7) is 0. The average Bonchev–Trinajstić information content (AvgIpc) is 2.57. The molecule has 0 amide bonds. The third-order valence-corrected chi connectivity index (χ3v) is 12.6. The summed E-state index contributed by atoms with van der Waals surface area (Å²) in [6, 6.07) is 31.7. The standard InChI is InChI=1S/C18H18P2S/c19-20(21,16-10-4-1-5-11-16,17-12-6-2-7-13-17)18-14-8-3-9-15-18/h1-15,21H,19H2. The summed E-state index contributed by atoms with van der Waals surface area (Å²) in [4.78, 5) is 0. The molecule has 0 radical (unpaired) electrons. The molecule has 1 atom stereocenters. The normalized spacial score (nSPS) is 13.3. The van der Waals surface area contributed by atoms with E-state index < -0.39 is 5.49 Å². The zero-order valence-electron chi connectivity index (χ0n) is 11.6. The van der Waals surface area contributed by atoms with E-state index in [9.17, 15) is 0 Å². The monoisotopic (exact) mass is 328 g/mol. The van der Waals surface area contributed by atoms with Crippen LogP contribution >= 0.6 is 26.7 Å². The topological polar surface area (TPSA) is 0 Å². The quantitative estimate of drug-likeness (QED) is 0.542. The SMILES string of the molecule is PP(S)(c1ccccc1)(c1ccccc1)c1ccccc1. The summed E-state index contributed by atoms with van der Waals surface area (Å²) in [5, 5.41) is 3.78. The van der Waals surface area contributed by atoms with Gasteiger partial charge in [-0.3, -0.25) is 0 Å². The third kappa shape index (κ3) is 2.44. The van der Waals surface area contributed by atoms with E-state index in [4.69, 9.17) is 12.2 Å². The van der Waals surface area contributed by atoms with Gasteiger partial charge in [0.25, 0.3) is 0 Å². The van der Waals surface area contributed by atoms with Crippen molar-refractivity contribution in [1.82, 2.24) is 0 Å². The molecule has 0 fully saturated rings. The summed E-state index contributed by atoms with van der Waals surface area (Å²) < 4.78 is 0. The van der Waals surface area contributed by atoms with Crippen molar-refractivity contribution in [2.45, 2.75) is 0 Å². The molecule has 0 aliphatic carbocycles. The number of hydrogen-bond donors (Lipinski definition) is 1. The van der Waals surface area contributed by atoms with E-state index in [1.165, 1.54) is 15.9 Å².